The van der Waals surface area contributed by atoms with Gasteiger partial charge in [0.15, 0.2) is 0 Å². The Bertz CT molecular complexity index is 1040. The first-order valence-electron chi connectivity index (χ1n) is 11.4. The van der Waals surface area contributed by atoms with Crippen molar-refractivity contribution in [1.82, 2.24) is 14.9 Å². The van der Waals surface area contributed by atoms with Crippen LogP contribution in [0.4, 0.5) is 16.3 Å². The first kappa shape index (κ1) is 23.6. The smallest absolute Gasteiger partial charge is 0.444 e. The molecule has 0 spiro atoms. The van der Waals surface area contributed by atoms with Gasteiger partial charge in [0.2, 0.25) is 0 Å². The van der Waals surface area contributed by atoms with Gasteiger partial charge in [0.05, 0.1) is 16.7 Å². The number of nitrogen functional groups attached to an aromatic ring is 1. The van der Waals surface area contributed by atoms with Crippen LogP contribution < -0.4 is 16.1 Å². The van der Waals surface area contributed by atoms with Gasteiger partial charge in [-0.05, 0) is 60.6 Å². The molecule has 2 aliphatic heterocycles. The van der Waals surface area contributed by atoms with Crippen LogP contribution in [0.2, 0.25) is 0 Å². The van der Waals surface area contributed by atoms with Gasteiger partial charge in [-0.25, -0.2) is 14.8 Å². The molecule has 0 unspecified atom stereocenters. The van der Waals surface area contributed by atoms with Crippen LogP contribution in [0.15, 0.2) is 18.5 Å². The van der Waals surface area contributed by atoms with Gasteiger partial charge in [-0.2, -0.15) is 0 Å². The number of benzene rings is 1. The van der Waals surface area contributed by atoms with Gasteiger partial charge in [-0.3, -0.25) is 0 Å². The van der Waals surface area contributed by atoms with Crippen molar-refractivity contribution < 1.29 is 18.8 Å². The van der Waals surface area contributed by atoms with Crippen molar-refractivity contribution in [2.45, 2.75) is 65.3 Å². The summed E-state index contributed by atoms with van der Waals surface area (Å²) in [5, 5.41) is 0.862. The Morgan fingerprint density at radius 1 is 1.06 bits per heavy atom. The van der Waals surface area contributed by atoms with E-state index in [0.717, 1.165) is 22.2 Å². The molecule has 0 atom stereocenters. The third-order valence-corrected chi connectivity index (χ3v) is 6.56. The number of hydrogen-bond donors (Lipinski definition) is 1. The van der Waals surface area contributed by atoms with Crippen LogP contribution in [-0.2, 0) is 14.0 Å². The Morgan fingerprint density at radius 3 is 2.24 bits per heavy atom. The Balaban J connectivity index is 1.55. The quantitative estimate of drug-likeness (QED) is 0.545. The highest BCUT2D eigenvalue weighted by Crippen LogP contribution is 2.37. The minimum atomic E-state index is -0.560. The van der Waals surface area contributed by atoms with Crippen LogP contribution in [0.3, 0.4) is 0 Å². The molecule has 33 heavy (non-hydrogen) atoms. The maximum atomic E-state index is 12.4. The number of piperazine rings is 1. The minimum absolute atomic E-state index is 0.286. The number of nitrogens with two attached hydrogens (primary N) is 1. The van der Waals surface area contributed by atoms with E-state index in [-0.39, 0.29) is 6.09 Å². The van der Waals surface area contributed by atoms with Crippen molar-refractivity contribution in [3.05, 3.63) is 18.5 Å². The molecule has 2 fully saturated rings. The Morgan fingerprint density at radius 2 is 1.67 bits per heavy atom. The highest BCUT2D eigenvalue weighted by Gasteiger charge is 2.52. The molecule has 1 aromatic carbocycles. The Labute approximate surface area is 195 Å². The van der Waals surface area contributed by atoms with Crippen molar-refractivity contribution in [3.8, 4) is 0 Å². The first-order valence-corrected chi connectivity index (χ1v) is 11.4. The van der Waals surface area contributed by atoms with E-state index < -0.39 is 23.9 Å². The van der Waals surface area contributed by atoms with E-state index in [1.54, 1.807) is 11.2 Å². The fourth-order valence-corrected chi connectivity index (χ4v) is 3.98. The number of amides is 1. The average molecular weight is 455 g/mol. The molecular formula is C23H34BN5O4. The summed E-state index contributed by atoms with van der Waals surface area (Å²) in [6.07, 6.45) is 1.27. The summed E-state index contributed by atoms with van der Waals surface area (Å²) in [4.78, 5) is 25.3. The van der Waals surface area contributed by atoms with Crippen molar-refractivity contribution in [2.24, 2.45) is 0 Å². The van der Waals surface area contributed by atoms with Crippen LogP contribution in [-0.4, -0.2) is 71.1 Å². The van der Waals surface area contributed by atoms with E-state index in [1.165, 1.54) is 0 Å². The lowest BCUT2D eigenvalue weighted by Crippen LogP contribution is -2.50. The van der Waals surface area contributed by atoms with E-state index in [4.69, 9.17) is 19.8 Å². The molecule has 0 radical (unpaired) electrons. The Hall–Kier alpha value is -2.59. The van der Waals surface area contributed by atoms with E-state index in [1.807, 2.05) is 60.6 Å². The molecule has 0 bridgehead atoms. The number of hydrogen-bond acceptors (Lipinski definition) is 8. The maximum Gasteiger partial charge on any atom is 0.497 e. The Kier molecular flexibility index (Phi) is 5.73. The van der Waals surface area contributed by atoms with E-state index in [9.17, 15) is 4.79 Å². The second-order valence-electron chi connectivity index (χ2n) is 10.7. The third kappa shape index (κ3) is 4.59. The van der Waals surface area contributed by atoms with Crippen LogP contribution in [0.1, 0.15) is 48.5 Å². The summed E-state index contributed by atoms with van der Waals surface area (Å²) in [5.74, 6) is 0.802. The monoisotopic (exact) mass is 455 g/mol. The molecule has 10 heteroatoms. The van der Waals surface area contributed by atoms with E-state index >= 15 is 0 Å². The summed E-state index contributed by atoms with van der Waals surface area (Å²) >= 11 is 0. The van der Waals surface area contributed by atoms with Gasteiger partial charge < -0.3 is 29.6 Å². The maximum absolute atomic E-state index is 12.4. The zero-order valence-corrected chi connectivity index (χ0v) is 20.6. The zero-order chi connectivity index (χ0) is 24.2. The lowest BCUT2D eigenvalue weighted by molar-refractivity contribution is 0.00578. The average Bonchev–Trinajstić information content (AvgIpc) is 2.93. The van der Waals surface area contributed by atoms with Gasteiger partial charge in [0, 0.05) is 42.7 Å². The molecular weight excluding hydrogens is 421 g/mol. The molecule has 2 aromatic rings. The van der Waals surface area contributed by atoms with E-state index in [0.29, 0.717) is 31.9 Å². The second-order valence-corrected chi connectivity index (χ2v) is 10.7. The van der Waals surface area contributed by atoms with Gasteiger partial charge >= 0.3 is 13.2 Å². The van der Waals surface area contributed by atoms with Gasteiger partial charge in [-0.15, -0.1) is 0 Å². The predicted octanol–water partition coefficient (Wildman–Crippen LogP) is 2.57. The van der Waals surface area contributed by atoms with Gasteiger partial charge in [0.25, 0.3) is 0 Å². The second kappa shape index (κ2) is 8.02. The summed E-state index contributed by atoms with van der Waals surface area (Å²) in [7, 11) is -0.560. The number of carbonyl (C=O) groups excluding carboxylic acids is 1. The molecule has 2 aliphatic rings. The van der Waals surface area contributed by atoms with Gasteiger partial charge in [0.1, 0.15) is 17.7 Å². The van der Waals surface area contributed by atoms with Crippen molar-refractivity contribution in [1.29, 1.82) is 0 Å². The lowest BCUT2D eigenvalue weighted by Gasteiger charge is -2.36. The fraction of sp³-hybridized carbons (Fsp3) is 0.609. The van der Waals surface area contributed by atoms with Gasteiger partial charge in [-0.1, -0.05) is 0 Å². The third-order valence-electron chi connectivity index (χ3n) is 6.56. The number of rotatable bonds is 2. The number of aromatic nitrogens is 2. The number of carbonyl (C=O) groups is 1. The highest BCUT2D eigenvalue weighted by molar-refractivity contribution is 6.64. The summed E-state index contributed by atoms with van der Waals surface area (Å²) in [5.41, 5.74) is 7.15. The summed E-state index contributed by atoms with van der Waals surface area (Å²) in [6.45, 7) is 16.1. The van der Waals surface area contributed by atoms with Crippen LogP contribution in [0, 0.1) is 0 Å². The van der Waals surface area contributed by atoms with Crippen LogP contribution in [0.25, 0.3) is 10.9 Å². The standard InChI is InChI=1S/C23H34BN5O4/c1-21(2,3)31-20(30)29-10-8-28(9-11-29)19-15-12-17(25)16(13-18(15)26-14-27-19)24-32-22(4,5)23(6,7)33-24/h12-14H,8-11,25H2,1-7H3. The molecule has 9 nitrogen and oxygen atoms in total. The lowest BCUT2D eigenvalue weighted by atomic mass is 9.77. The number of nitrogens with zero attached hydrogens (tertiary/aromatic N) is 4. The molecule has 3 heterocycles. The largest absolute Gasteiger partial charge is 0.497 e. The van der Waals surface area contributed by atoms with E-state index in [2.05, 4.69) is 14.9 Å². The molecule has 1 amide bonds. The molecule has 2 saturated heterocycles. The van der Waals surface area contributed by atoms with Crippen molar-refractivity contribution in [2.75, 3.05) is 36.8 Å². The molecule has 178 valence electrons. The number of ether oxygens (including phenoxy) is 1. The molecule has 2 N–H and O–H groups in total. The topological polar surface area (TPSA) is 103 Å². The predicted molar refractivity (Wildman–Crippen MR) is 130 cm³/mol. The summed E-state index contributed by atoms with van der Waals surface area (Å²) in [6, 6.07) is 3.82. The molecule has 1 aromatic heterocycles. The normalized spacial score (nSPS) is 20.4. The van der Waals surface area contributed by atoms with Crippen LogP contribution in [0.5, 0.6) is 0 Å². The molecule has 0 aliphatic carbocycles. The molecule has 0 saturated carbocycles. The molecule has 4 rings (SSSR count). The minimum Gasteiger partial charge on any atom is -0.444 e. The SMILES string of the molecule is CC(C)(C)OC(=O)N1CCN(c2ncnc3cc(B4OC(C)(C)C(C)(C)O4)c(N)cc23)CC1. The number of anilines is 2. The first-order chi connectivity index (χ1) is 15.3. The number of fused-ring (bicyclic) bond motifs is 1. The fourth-order valence-electron chi connectivity index (χ4n) is 3.98. The van der Waals surface area contributed by atoms with Crippen molar-refractivity contribution in [3.63, 3.8) is 0 Å². The zero-order valence-electron chi connectivity index (χ0n) is 20.6. The van der Waals surface area contributed by atoms with Crippen molar-refractivity contribution >= 4 is 41.1 Å². The van der Waals surface area contributed by atoms with Crippen LogP contribution >= 0.6 is 0 Å². The highest BCUT2D eigenvalue weighted by atomic mass is 16.7. The summed E-state index contributed by atoms with van der Waals surface area (Å²) < 4.78 is 17.9.